The van der Waals surface area contributed by atoms with E-state index >= 15 is 0 Å². The van der Waals surface area contributed by atoms with Crippen molar-refractivity contribution in [2.24, 2.45) is 5.92 Å². The molecule has 4 nitrogen and oxygen atoms in total. The van der Waals surface area contributed by atoms with E-state index in [4.69, 9.17) is 5.11 Å². The number of rotatable bonds is 5. The zero-order chi connectivity index (χ0) is 12.8. The number of aliphatic hydroxyl groups excluding tert-OH is 1. The molecule has 0 spiro atoms. The van der Waals surface area contributed by atoms with Gasteiger partial charge in [0.2, 0.25) is 5.91 Å². The van der Waals surface area contributed by atoms with Crippen LogP contribution >= 0.6 is 0 Å². The van der Waals surface area contributed by atoms with E-state index in [1.807, 2.05) is 23.9 Å². The second-order valence-corrected chi connectivity index (χ2v) is 5.38. The van der Waals surface area contributed by atoms with E-state index in [0.717, 1.165) is 18.8 Å². The topological polar surface area (TPSA) is 43.8 Å². The number of likely N-dealkylation sites (N-methyl/N-ethyl adjacent to an activating group) is 2. The number of aliphatic hydroxyl groups is 1. The van der Waals surface area contributed by atoms with Crippen LogP contribution in [0.25, 0.3) is 0 Å². The van der Waals surface area contributed by atoms with E-state index in [1.165, 1.54) is 12.8 Å². The zero-order valence-corrected chi connectivity index (χ0v) is 11.4. The SMILES string of the molecule is CC1CCC(N(C)C(=O)CN(C)CCO)CC1. The van der Waals surface area contributed by atoms with Gasteiger partial charge in [0, 0.05) is 19.6 Å². The molecule has 0 aliphatic heterocycles. The molecule has 1 saturated carbocycles. The van der Waals surface area contributed by atoms with Crippen molar-refractivity contribution in [3.63, 3.8) is 0 Å². The third kappa shape index (κ3) is 4.64. The molecule has 100 valence electrons. The van der Waals surface area contributed by atoms with Gasteiger partial charge in [-0.15, -0.1) is 0 Å². The smallest absolute Gasteiger partial charge is 0.236 e. The number of carbonyl (C=O) groups excluding carboxylic acids is 1. The molecule has 0 heterocycles. The molecule has 0 aromatic carbocycles. The lowest BCUT2D eigenvalue weighted by atomic mass is 9.87. The quantitative estimate of drug-likeness (QED) is 0.780. The van der Waals surface area contributed by atoms with Crippen LogP contribution < -0.4 is 0 Å². The molecule has 0 atom stereocenters. The van der Waals surface area contributed by atoms with Crippen molar-refractivity contribution in [1.82, 2.24) is 9.80 Å². The number of hydrogen-bond donors (Lipinski definition) is 1. The molecule has 0 bridgehead atoms. The summed E-state index contributed by atoms with van der Waals surface area (Å²) in [6.07, 6.45) is 4.73. The van der Waals surface area contributed by atoms with Gasteiger partial charge in [-0.1, -0.05) is 6.92 Å². The lowest BCUT2D eigenvalue weighted by Crippen LogP contribution is -2.44. The summed E-state index contributed by atoms with van der Waals surface area (Å²) in [5.41, 5.74) is 0. The van der Waals surface area contributed by atoms with Crippen LogP contribution in [0.4, 0.5) is 0 Å². The van der Waals surface area contributed by atoms with E-state index in [1.54, 1.807) is 0 Å². The molecule has 0 aromatic heterocycles. The molecule has 1 N–H and O–H groups in total. The highest BCUT2D eigenvalue weighted by Crippen LogP contribution is 2.26. The summed E-state index contributed by atoms with van der Waals surface area (Å²) in [4.78, 5) is 15.8. The van der Waals surface area contributed by atoms with Crippen molar-refractivity contribution in [1.29, 1.82) is 0 Å². The van der Waals surface area contributed by atoms with Crippen molar-refractivity contribution in [2.45, 2.75) is 38.6 Å². The van der Waals surface area contributed by atoms with Gasteiger partial charge in [-0.3, -0.25) is 9.69 Å². The van der Waals surface area contributed by atoms with Crippen LogP contribution in [0.5, 0.6) is 0 Å². The zero-order valence-electron chi connectivity index (χ0n) is 11.4. The normalized spacial score (nSPS) is 25.0. The Balaban J connectivity index is 2.35. The number of carbonyl (C=O) groups is 1. The third-order valence-corrected chi connectivity index (χ3v) is 3.81. The average Bonchev–Trinajstić information content (AvgIpc) is 2.29. The molecule has 1 rings (SSSR count). The Morgan fingerprint density at radius 1 is 1.24 bits per heavy atom. The molecule has 1 aliphatic rings. The molecule has 0 aromatic rings. The minimum atomic E-state index is 0.106. The predicted octanol–water partition coefficient (Wildman–Crippen LogP) is 0.948. The minimum Gasteiger partial charge on any atom is -0.395 e. The first-order chi connectivity index (χ1) is 8.04. The Hall–Kier alpha value is -0.610. The van der Waals surface area contributed by atoms with Crippen LogP contribution in [0.15, 0.2) is 0 Å². The fourth-order valence-corrected chi connectivity index (χ4v) is 2.43. The van der Waals surface area contributed by atoms with Crippen LogP contribution in [0.2, 0.25) is 0 Å². The van der Waals surface area contributed by atoms with Crippen molar-refractivity contribution in [3.8, 4) is 0 Å². The molecule has 4 heteroatoms. The second-order valence-electron chi connectivity index (χ2n) is 5.38. The average molecular weight is 242 g/mol. The summed E-state index contributed by atoms with van der Waals surface area (Å²) >= 11 is 0. The van der Waals surface area contributed by atoms with Crippen LogP contribution in [0.3, 0.4) is 0 Å². The third-order valence-electron chi connectivity index (χ3n) is 3.81. The van der Waals surface area contributed by atoms with Gasteiger partial charge in [-0.25, -0.2) is 0 Å². The molecule has 1 fully saturated rings. The first-order valence-electron chi connectivity index (χ1n) is 6.59. The largest absolute Gasteiger partial charge is 0.395 e. The van der Waals surface area contributed by atoms with Crippen molar-refractivity contribution < 1.29 is 9.90 Å². The van der Waals surface area contributed by atoms with Crippen LogP contribution in [0, 0.1) is 5.92 Å². The molecule has 1 aliphatic carbocycles. The summed E-state index contributed by atoms with van der Waals surface area (Å²) in [5, 5.41) is 8.80. The molecule has 1 amide bonds. The lowest BCUT2D eigenvalue weighted by molar-refractivity contribution is -0.133. The van der Waals surface area contributed by atoms with Gasteiger partial charge in [0.05, 0.1) is 13.2 Å². The fraction of sp³-hybridized carbons (Fsp3) is 0.923. The molecule has 0 unspecified atom stereocenters. The molecular formula is C13H26N2O2. The monoisotopic (exact) mass is 242 g/mol. The highest BCUT2D eigenvalue weighted by atomic mass is 16.3. The number of hydrogen-bond acceptors (Lipinski definition) is 3. The second kappa shape index (κ2) is 6.97. The Bertz CT molecular complexity index is 238. The van der Waals surface area contributed by atoms with Gasteiger partial charge in [0.25, 0.3) is 0 Å². The van der Waals surface area contributed by atoms with Crippen molar-refractivity contribution >= 4 is 5.91 Å². The Morgan fingerprint density at radius 3 is 2.35 bits per heavy atom. The summed E-state index contributed by atoms with van der Waals surface area (Å²) in [5.74, 6) is 0.979. The fourth-order valence-electron chi connectivity index (χ4n) is 2.43. The van der Waals surface area contributed by atoms with Gasteiger partial charge >= 0.3 is 0 Å². The lowest BCUT2D eigenvalue weighted by Gasteiger charge is -2.34. The van der Waals surface area contributed by atoms with Gasteiger partial charge in [-0.05, 0) is 38.6 Å². The first-order valence-corrected chi connectivity index (χ1v) is 6.59. The maximum absolute atomic E-state index is 12.0. The molecule has 17 heavy (non-hydrogen) atoms. The van der Waals surface area contributed by atoms with Crippen LogP contribution in [0.1, 0.15) is 32.6 Å². The highest BCUT2D eigenvalue weighted by molar-refractivity contribution is 5.78. The summed E-state index contributed by atoms with van der Waals surface area (Å²) in [6.45, 7) is 3.35. The van der Waals surface area contributed by atoms with Crippen LogP contribution in [-0.2, 0) is 4.79 Å². The maximum atomic E-state index is 12.0. The summed E-state index contributed by atoms with van der Waals surface area (Å²) in [6, 6.07) is 0.418. The maximum Gasteiger partial charge on any atom is 0.236 e. The number of nitrogens with zero attached hydrogens (tertiary/aromatic N) is 2. The van der Waals surface area contributed by atoms with E-state index in [0.29, 0.717) is 19.1 Å². The van der Waals surface area contributed by atoms with Crippen molar-refractivity contribution in [3.05, 3.63) is 0 Å². The number of amides is 1. The molecule has 0 radical (unpaired) electrons. The summed E-state index contributed by atoms with van der Waals surface area (Å²) in [7, 11) is 3.78. The molecular weight excluding hydrogens is 216 g/mol. The van der Waals surface area contributed by atoms with Gasteiger partial charge in [0.15, 0.2) is 0 Å². The first kappa shape index (κ1) is 14.5. The Kier molecular flexibility index (Phi) is 5.92. The highest BCUT2D eigenvalue weighted by Gasteiger charge is 2.24. The van der Waals surface area contributed by atoms with E-state index in [2.05, 4.69) is 6.92 Å². The molecule has 0 saturated heterocycles. The van der Waals surface area contributed by atoms with Crippen molar-refractivity contribution in [2.75, 3.05) is 33.8 Å². The summed E-state index contributed by atoms with van der Waals surface area (Å²) < 4.78 is 0. The Morgan fingerprint density at radius 2 is 1.82 bits per heavy atom. The van der Waals surface area contributed by atoms with Gasteiger partial charge in [-0.2, -0.15) is 0 Å². The Labute approximate surface area is 105 Å². The van der Waals surface area contributed by atoms with Gasteiger partial charge in [0.1, 0.15) is 0 Å². The minimum absolute atomic E-state index is 0.106. The predicted molar refractivity (Wildman–Crippen MR) is 68.8 cm³/mol. The standard InChI is InChI=1S/C13H26N2O2/c1-11-4-6-12(7-5-11)15(3)13(17)10-14(2)8-9-16/h11-12,16H,4-10H2,1-3H3. The van der Waals surface area contributed by atoms with Gasteiger partial charge < -0.3 is 10.0 Å². The van der Waals surface area contributed by atoms with Crippen LogP contribution in [-0.4, -0.2) is 60.6 Å². The van der Waals surface area contributed by atoms with E-state index in [9.17, 15) is 4.79 Å². The van der Waals surface area contributed by atoms with E-state index in [-0.39, 0.29) is 12.5 Å². The van der Waals surface area contributed by atoms with E-state index < -0.39 is 0 Å².